The van der Waals surface area contributed by atoms with E-state index in [-0.39, 0.29) is 11.6 Å². The SMILES string of the molecule is O=C(NCCc1nc(C(=O)O)cs1)c1cnc(OCC2CC2)c(Cl)c1. The molecule has 0 atom stereocenters. The Morgan fingerprint density at radius 3 is 2.88 bits per heavy atom. The first kappa shape index (κ1) is 17.6. The maximum Gasteiger partial charge on any atom is 0.355 e. The van der Waals surface area contributed by atoms with Gasteiger partial charge in [-0.15, -0.1) is 11.3 Å². The minimum absolute atomic E-state index is 0.0177. The van der Waals surface area contributed by atoms with Crippen LogP contribution in [0.1, 0.15) is 38.7 Å². The predicted molar refractivity (Wildman–Crippen MR) is 92.6 cm³/mol. The van der Waals surface area contributed by atoms with Crippen molar-refractivity contribution in [2.24, 2.45) is 5.92 Å². The first-order chi connectivity index (χ1) is 12.0. The second kappa shape index (κ2) is 7.79. The quantitative estimate of drug-likeness (QED) is 0.728. The predicted octanol–water partition coefficient (Wildman–Crippen LogP) is 2.65. The van der Waals surface area contributed by atoms with Crippen molar-refractivity contribution in [1.82, 2.24) is 15.3 Å². The van der Waals surface area contributed by atoms with Crippen LogP contribution in [0, 0.1) is 5.92 Å². The number of ether oxygens (including phenoxy) is 1. The van der Waals surface area contributed by atoms with Crippen LogP contribution in [0.15, 0.2) is 17.6 Å². The first-order valence-corrected chi connectivity index (χ1v) is 9.03. The molecule has 25 heavy (non-hydrogen) atoms. The van der Waals surface area contributed by atoms with Gasteiger partial charge < -0.3 is 15.2 Å². The van der Waals surface area contributed by atoms with E-state index in [1.54, 1.807) is 0 Å². The molecular weight excluding hydrogens is 366 g/mol. The second-order valence-electron chi connectivity index (χ2n) is 5.70. The molecule has 2 heterocycles. The van der Waals surface area contributed by atoms with Crippen LogP contribution in [0.3, 0.4) is 0 Å². The number of carbonyl (C=O) groups is 2. The van der Waals surface area contributed by atoms with Gasteiger partial charge in [-0.05, 0) is 24.8 Å². The number of hydrogen-bond donors (Lipinski definition) is 2. The van der Waals surface area contributed by atoms with Crippen LogP contribution in [0.2, 0.25) is 5.02 Å². The molecule has 0 bridgehead atoms. The Hall–Kier alpha value is -2.19. The topological polar surface area (TPSA) is 101 Å². The van der Waals surface area contributed by atoms with E-state index in [0.717, 1.165) is 0 Å². The third-order valence-electron chi connectivity index (χ3n) is 3.62. The molecule has 3 rings (SSSR count). The van der Waals surface area contributed by atoms with Gasteiger partial charge in [0.25, 0.3) is 5.91 Å². The van der Waals surface area contributed by atoms with Crippen LogP contribution in [0.4, 0.5) is 0 Å². The largest absolute Gasteiger partial charge is 0.476 e. The van der Waals surface area contributed by atoms with Gasteiger partial charge in [0.05, 0.1) is 17.2 Å². The molecule has 2 aromatic rings. The average Bonchev–Trinajstić information content (AvgIpc) is 3.29. The van der Waals surface area contributed by atoms with E-state index in [1.807, 2.05) is 0 Å². The van der Waals surface area contributed by atoms with Gasteiger partial charge in [0.1, 0.15) is 5.02 Å². The number of rotatable bonds is 8. The van der Waals surface area contributed by atoms with E-state index in [4.69, 9.17) is 21.4 Å². The number of aromatic nitrogens is 2. The van der Waals surface area contributed by atoms with Crippen LogP contribution in [0.5, 0.6) is 5.88 Å². The number of amides is 1. The van der Waals surface area contributed by atoms with Gasteiger partial charge in [0.15, 0.2) is 5.69 Å². The molecule has 7 nitrogen and oxygen atoms in total. The van der Waals surface area contributed by atoms with Crippen LogP contribution >= 0.6 is 22.9 Å². The van der Waals surface area contributed by atoms with Crippen molar-refractivity contribution < 1.29 is 19.4 Å². The summed E-state index contributed by atoms with van der Waals surface area (Å²) >= 11 is 7.36. The van der Waals surface area contributed by atoms with Gasteiger partial charge >= 0.3 is 5.97 Å². The molecule has 0 aromatic carbocycles. The third kappa shape index (κ3) is 4.90. The zero-order chi connectivity index (χ0) is 17.8. The summed E-state index contributed by atoms with van der Waals surface area (Å²) in [6.07, 6.45) is 4.22. The lowest BCUT2D eigenvalue weighted by molar-refractivity contribution is 0.0690. The highest BCUT2D eigenvalue weighted by Crippen LogP contribution is 2.31. The normalized spacial score (nSPS) is 13.5. The average molecular weight is 382 g/mol. The highest BCUT2D eigenvalue weighted by atomic mass is 35.5. The van der Waals surface area contributed by atoms with Crippen molar-refractivity contribution in [3.8, 4) is 5.88 Å². The lowest BCUT2D eigenvalue weighted by Gasteiger charge is -2.08. The van der Waals surface area contributed by atoms with Gasteiger partial charge in [0, 0.05) is 24.5 Å². The monoisotopic (exact) mass is 381 g/mol. The maximum atomic E-state index is 12.1. The summed E-state index contributed by atoms with van der Waals surface area (Å²) in [4.78, 5) is 31.0. The van der Waals surface area contributed by atoms with Crippen molar-refractivity contribution in [2.45, 2.75) is 19.3 Å². The van der Waals surface area contributed by atoms with Crippen molar-refractivity contribution in [3.63, 3.8) is 0 Å². The second-order valence-corrected chi connectivity index (χ2v) is 7.05. The smallest absolute Gasteiger partial charge is 0.355 e. The molecule has 9 heteroatoms. The number of carbonyl (C=O) groups excluding carboxylic acids is 1. The number of carboxylic acids is 1. The third-order valence-corrected chi connectivity index (χ3v) is 4.80. The standard InChI is InChI=1S/C16H16ClN3O4S/c17-11-5-10(6-19-15(11)24-7-9-1-2-9)14(21)18-4-3-13-20-12(8-25-13)16(22)23/h5-6,8-9H,1-4,7H2,(H,18,21)(H,22,23). The van der Waals surface area contributed by atoms with Crippen LogP contribution in [-0.4, -0.2) is 40.1 Å². The number of pyridine rings is 1. The van der Waals surface area contributed by atoms with E-state index in [0.29, 0.717) is 47.0 Å². The minimum atomic E-state index is -1.06. The number of aromatic carboxylic acids is 1. The van der Waals surface area contributed by atoms with Gasteiger partial charge in [-0.2, -0.15) is 0 Å². The summed E-state index contributed by atoms with van der Waals surface area (Å²) < 4.78 is 5.53. The lowest BCUT2D eigenvalue weighted by Crippen LogP contribution is -2.25. The molecule has 0 unspecified atom stereocenters. The van der Waals surface area contributed by atoms with E-state index in [1.165, 1.54) is 41.8 Å². The molecule has 0 aliphatic heterocycles. The molecule has 1 aliphatic rings. The zero-order valence-electron chi connectivity index (χ0n) is 13.2. The summed E-state index contributed by atoms with van der Waals surface area (Å²) in [5, 5.41) is 14.0. The Morgan fingerprint density at radius 1 is 1.44 bits per heavy atom. The van der Waals surface area contributed by atoms with Gasteiger partial charge in [-0.3, -0.25) is 4.79 Å². The zero-order valence-corrected chi connectivity index (χ0v) is 14.8. The highest BCUT2D eigenvalue weighted by Gasteiger charge is 2.22. The van der Waals surface area contributed by atoms with Crippen LogP contribution in [-0.2, 0) is 6.42 Å². The summed E-state index contributed by atoms with van der Waals surface area (Å²) in [6.45, 7) is 0.938. The number of hydrogen-bond acceptors (Lipinski definition) is 6. The summed E-state index contributed by atoms with van der Waals surface area (Å²) in [6, 6.07) is 1.53. The molecule has 0 spiro atoms. The van der Waals surface area contributed by atoms with Crippen molar-refractivity contribution in [2.75, 3.05) is 13.2 Å². The Morgan fingerprint density at radius 2 is 2.24 bits per heavy atom. The van der Waals surface area contributed by atoms with E-state index in [2.05, 4.69) is 15.3 Å². The number of nitrogens with one attached hydrogen (secondary N) is 1. The Bertz CT molecular complexity index is 791. The maximum absolute atomic E-state index is 12.1. The van der Waals surface area contributed by atoms with Crippen molar-refractivity contribution in [3.05, 3.63) is 38.9 Å². The fourth-order valence-corrected chi connectivity index (χ4v) is 3.04. The molecule has 132 valence electrons. The number of carboxylic acid groups (broad SMARTS) is 1. The van der Waals surface area contributed by atoms with Crippen LogP contribution in [0.25, 0.3) is 0 Å². The van der Waals surface area contributed by atoms with Gasteiger partial charge in [-0.25, -0.2) is 14.8 Å². The molecule has 2 N–H and O–H groups in total. The Kier molecular flexibility index (Phi) is 5.50. The number of thiazole rings is 1. The minimum Gasteiger partial charge on any atom is -0.476 e. The molecule has 1 aliphatic carbocycles. The van der Waals surface area contributed by atoms with Gasteiger partial charge in [0.2, 0.25) is 5.88 Å². The Balaban J connectivity index is 1.49. The molecule has 2 aromatic heterocycles. The molecule has 1 saturated carbocycles. The summed E-state index contributed by atoms with van der Waals surface area (Å²) in [7, 11) is 0. The molecule has 1 fully saturated rings. The van der Waals surface area contributed by atoms with Crippen LogP contribution < -0.4 is 10.1 Å². The first-order valence-electron chi connectivity index (χ1n) is 7.77. The molecular formula is C16H16ClN3O4S. The van der Waals surface area contributed by atoms with Crippen molar-refractivity contribution >= 4 is 34.8 Å². The van der Waals surface area contributed by atoms with Gasteiger partial charge in [-0.1, -0.05) is 11.6 Å². The highest BCUT2D eigenvalue weighted by molar-refractivity contribution is 7.09. The van der Waals surface area contributed by atoms with E-state index < -0.39 is 5.97 Å². The molecule has 0 saturated heterocycles. The molecule has 0 radical (unpaired) electrons. The summed E-state index contributed by atoms with van der Waals surface area (Å²) in [5.74, 6) is -0.433. The van der Waals surface area contributed by atoms with Crippen molar-refractivity contribution in [1.29, 1.82) is 0 Å². The Labute approximate surface area is 153 Å². The van der Waals surface area contributed by atoms with E-state index >= 15 is 0 Å². The van der Waals surface area contributed by atoms with E-state index in [9.17, 15) is 9.59 Å². The number of halogens is 1. The fourth-order valence-electron chi connectivity index (χ4n) is 2.05. The fraction of sp³-hybridized carbons (Fsp3) is 0.375. The lowest BCUT2D eigenvalue weighted by atomic mass is 10.2. The number of nitrogens with zero attached hydrogens (tertiary/aromatic N) is 2. The summed E-state index contributed by atoms with van der Waals surface area (Å²) in [5.41, 5.74) is 0.359. The molecule has 1 amide bonds.